The minimum Gasteiger partial charge on any atom is -0.384 e. The van der Waals surface area contributed by atoms with Crippen molar-refractivity contribution in [3.63, 3.8) is 0 Å². The molecule has 1 unspecified atom stereocenters. The summed E-state index contributed by atoms with van der Waals surface area (Å²) in [6.07, 6.45) is -8.88. The average molecular weight is 670 g/mol. The summed E-state index contributed by atoms with van der Waals surface area (Å²) in [7, 11) is 1.58. The number of hydrogen-bond acceptors (Lipinski definition) is 4. The molecule has 0 bridgehead atoms. The van der Waals surface area contributed by atoms with Crippen molar-refractivity contribution in [2.75, 3.05) is 33.4 Å². The number of ether oxygens (including phenoxy) is 1. The van der Waals surface area contributed by atoms with Crippen LogP contribution >= 0.6 is 0 Å². The molecule has 0 radical (unpaired) electrons. The average Bonchev–Trinajstić information content (AvgIpc) is 2.95. The molecule has 0 spiro atoms. The molecule has 2 aromatic carbocycles. The zero-order valence-electron chi connectivity index (χ0n) is 27.7. The van der Waals surface area contributed by atoms with Gasteiger partial charge in [-0.2, -0.15) is 26.3 Å². The van der Waals surface area contributed by atoms with Gasteiger partial charge in [0.1, 0.15) is 5.82 Å². The Morgan fingerprint density at radius 3 is 2.04 bits per heavy atom. The molecular formula is C35H42F7N3O2. The second-order valence-electron chi connectivity index (χ2n) is 13.1. The number of methoxy groups -OCH3 is 1. The number of halogens is 7. The number of hydrogen-bond donors (Lipinski definition) is 1. The first-order valence-corrected chi connectivity index (χ1v) is 15.5. The fraction of sp³-hybridized carbons (Fsp3) is 0.514. The third-order valence-corrected chi connectivity index (χ3v) is 9.74. The lowest BCUT2D eigenvalue weighted by atomic mass is 9.73. The lowest BCUT2D eigenvalue weighted by molar-refractivity contribution is -0.140. The van der Waals surface area contributed by atoms with E-state index in [2.05, 4.69) is 0 Å². The third kappa shape index (κ3) is 7.15. The Labute approximate surface area is 270 Å². The number of nitrogens with zero attached hydrogens (tertiary/aromatic N) is 2. The van der Waals surface area contributed by atoms with Gasteiger partial charge in [0.05, 0.1) is 29.3 Å². The van der Waals surface area contributed by atoms with Crippen LogP contribution in [0, 0.1) is 38.4 Å². The van der Waals surface area contributed by atoms with E-state index < -0.39 is 57.9 Å². The van der Waals surface area contributed by atoms with Gasteiger partial charge in [-0.3, -0.25) is 4.79 Å². The summed E-state index contributed by atoms with van der Waals surface area (Å²) in [4.78, 5) is 15.3. The summed E-state index contributed by atoms with van der Waals surface area (Å²) in [5.74, 6) is -2.07. The fourth-order valence-corrected chi connectivity index (χ4v) is 6.77. The number of alkyl halides is 6. The number of pyridine rings is 1. The molecule has 1 saturated heterocycles. The van der Waals surface area contributed by atoms with Crippen LogP contribution in [-0.4, -0.2) is 42.8 Å². The summed E-state index contributed by atoms with van der Waals surface area (Å²) in [6.45, 7) is 12.0. The fourth-order valence-electron chi connectivity index (χ4n) is 6.77. The summed E-state index contributed by atoms with van der Waals surface area (Å²) >= 11 is 0. The van der Waals surface area contributed by atoms with Crippen molar-refractivity contribution in [3.05, 3.63) is 91.6 Å². The Bertz CT molecular complexity index is 1670. The first kappa shape index (κ1) is 36.6. The number of nitrogens with two attached hydrogens (primary N) is 1. The van der Waals surface area contributed by atoms with Crippen LogP contribution in [-0.2, 0) is 29.0 Å². The molecule has 1 fully saturated rings. The van der Waals surface area contributed by atoms with E-state index in [9.17, 15) is 31.1 Å². The van der Waals surface area contributed by atoms with E-state index in [-0.39, 0.29) is 30.0 Å². The number of benzene rings is 2. The second kappa shape index (κ2) is 13.4. The maximum Gasteiger partial charge on any atom is 0.419 e. The Kier molecular flexibility index (Phi) is 10.4. The van der Waals surface area contributed by atoms with Crippen LogP contribution in [0.4, 0.5) is 30.7 Å². The Morgan fingerprint density at radius 1 is 0.915 bits per heavy atom. The summed E-state index contributed by atoms with van der Waals surface area (Å²) in [5, 5.41) is 0. The highest BCUT2D eigenvalue weighted by Crippen LogP contribution is 2.45. The van der Waals surface area contributed by atoms with Gasteiger partial charge in [0.15, 0.2) is 0 Å². The standard InChI is InChI=1S/C35H42F7N3O2/c1-19(2)33(43,28-12-26(13-29(32(28)36)35(40,41)42)31-21(4)9-8-20(3)22(31)5)23(6)45-17-25(27(14-30(45)46)34(37,38)39)10-11-44-15-24(16-44)18-47-7/h8-9,12-14,17,19,23-24H,10-11,15-16,18,43H2,1-7H3/t23?,33-/m1/s1. The van der Waals surface area contributed by atoms with E-state index >= 15 is 4.39 Å². The van der Waals surface area contributed by atoms with Gasteiger partial charge in [-0.05, 0) is 85.5 Å². The van der Waals surface area contributed by atoms with Gasteiger partial charge in [0.2, 0.25) is 0 Å². The van der Waals surface area contributed by atoms with Crippen molar-refractivity contribution < 1.29 is 35.5 Å². The zero-order chi connectivity index (χ0) is 35.2. The van der Waals surface area contributed by atoms with E-state index in [1.807, 2.05) is 17.9 Å². The number of aryl methyl sites for hydroxylation is 2. The van der Waals surface area contributed by atoms with Crippen molar-refractivity contribution >= 4 is 0 Å². The van der Waals surface area contributed by atoms with Gasteiger partial charge < -0.3 is 19.9 Å². The highest BCUT2D eigenvalue weighted by molar-refractivity contribution is 5.74. The predicted octanol–water partition coefficient (Wildman–Crippen LogP) is 7.81. The maximum absolute atomic E-state index is 16.2. The van der Waals surface area contributed by atoms with Crippen LogP contribution in [0.3, 0.4) is 0 Å². The maximum atomic E-state index is 16.2. The molecule has 0 saturated carbocycles. The van der Waals surface area contributed by atoms with E-state index in [1.165, 1.54) is 13.0 Å². The van der Waals surface area contributed by atoms with E-state index in [1.54, 1.807) is 40.9 Å². The quantitative estimate of drug-likeness (QED) is 0.224. The zero-order valence-corrected chi connectivity index (χ0v) is 27.7. The van der Waals surface area contributed by atoms with E-state index in [4.69, 9.17) is 10.5 Å². The molecule has 4 rings (SSSR count). The van der Waals surface area contributed by atoms with Crippen LogP contribution in [0.1, 0.15) is 65.8 Å². The highest BCUT2D eigenvalue weighted by atomic mass is 19.4. The van der Waals surface area contributed by atoms with Crippen LogP contribution in [0.15, 0.2) is 41.3 Å². The van der Waals surface area contributed by atoms with Gasteiger partial charge >= 0.3 is 12.4 Å². The van der Waals surface area contributed by atoms with Gasteiger partial charge in [-0.1, -0.05) is 26.0 Å². The summed E-state index contributed by atoms with van der Waals surface area (Å²) in [5.41, 5.74) is 3.43. The lowest BCUT2D eigenvalue weighted by Gasteiger charge is -2.42. The van der Waals surface area contributed by atoms with Gasteiger partial charge in [-0.25, -0.2) is 4.39 Å². The number of likely N-dealkylation sites (tertiary alicyclic amines) is 1. The van der Waals surface area contributed by atoms with Crippen LogP contribution < -0.4 is 11.3 Å². The lowest BCUT2D eigenvalue weighted by Crippen LogP contribution is -2.51. The number of rotatable bonds is 10. The predicted molar refractivity (Wildman–Crippen MR) is 168 cm³/mol. The summed E-state index contributed by atoms with van der Waals surface area (Å²) in [6, 6.07) is 4.87. The first-order chi connectivity index (χ1) is 21.7. The van der Waals surface area contributed by atoms with Crippen molar-refractivity contribution in [2.24, 2.45) is 17.6 Å². The van der Waals surface area contributed by atoms with Gasteiger partial charge in [0.25, 0.3) is 5.56 Å². The molecule has 2 atom stereocenters. The minimum absolute atomic E-state index is 0.0468. The van der Waals surface area contributed by atoms with Crippen molar-refractivity contribution in [1.29, 1.82) is 0 Å². The molecule has 47 heavy (non-hydrogen) atoms. The van der Waals surface area contributed by atoms with E-state index in [0.29, 0.717) is 42.5 Å². The molecule has 0 aliphatic carbocycles. The molecule has 2 N–H and O–H groups in total. The Morgan fingerprint density at radius 2 is 1.49 bits per heavy atom. The molecule has 258 valence electrons. The molecule has 0 amide bonds. The van der Waals surface area contributed by atoms with Crippen LogP contribution in [0.5, 0.6) is 0 Å². The van der Waals surface area contributed by atoms with Crippen molar-refractivity contribution in [2.45, 2.75) is 71.9 Å². The SMILES string of the molecule is COCC1CN(CCc2cn(C(C)[C@@](N)(c3cc(-c4c(C)ccc(C)c4C)cc(C(F)(F)F)c3F)C(C)C)c(=O)cc2C(F)(F)F)C1. The highest BCUT2D eigenvalue weighted by Gasteiger charge is 2.45. The first-order valence-electron chi connectivity index (χ1n) is 15.5. The van der Waals surface area contributed by atoms with Crippen molar-refractivity contribution in [3.8, 4) is 11.1 Å². The monoisotopic (exact) mass is 669 g/mol. The Balaban J connectivity index is 1.89. The normalized spacial score (nSPS) is 16.8. The smallest absolute Gasteiger partial charge is 0.384 e. The van der Waals surface area contributed by atoms with Crippen LogP contribution in [0.2, 0.25) is 0 Å². The molecule has 3 aromatic rings. The largest absolute Gasteiger partial charge is 0.419 e. The van der Waals surface area contributed by atoms with Crippen LogP contribution in [0.25, 0.3) is 11.1 Å². The molecule has 12 heteroatoms. The third-order valence-electron chi connectivity index (χ3n) is 9.74. The van der Waals surface area contributed by atoms with Gasteiger partial charge in [0, 0.05) is 50.5 Å². The topological polar surface area (TPSA) is 60.5 Å². The molecule has 2 heterocycles. The molecule has 5 nitrogen and oxygen atoms in total. The van der Waals surface area contributed by atoms with Gasteiger partial charge in [-0.15, -0.1) is 0 Å². The molecule has 1 aromatic heterocycles. The Hall–Kier alpha value is -3.22. The number of aromatic nitrogens is 1. The molecule has 1 aliphatic heterocycles. The second-order valence-corrected chi connectivity index (χ2v) is 13.1. The van der Waals surface area contributed by atoms with Crippen molar-refractivity contribution in [1.82, 2.24) is 9.47 Å². The molecular weight excluding hydrogens is 627 g/mol. The summed E-state index contributed by atoms with van der Waals surface area (Å²) < 4.78 is 108. The van der Waals surface area contributed by atoms with E-state index in [0.717, 1.165) is 22.4 Å². The minimum atomic E-state index is -5.08. The molecule has 1 aliphatic rings.